The van der Waals surface area contributed by atoms with Crippen molar-refractivity contribution in [3.63, 3.8) is 0 Å². The molecule has 35 heavy (non-hydrogen) atoms. The molecule has 0 aliphatic rings. The summed E-state index contributed by atoms with van der Waals surface area (Å²) >= 11 is 12.6. The predicted octanol–water partition coefficient (Wildman–Crippen LogP) is 4.93. The largest absolute Gasteiger partial charge is 0.493 e. The summed E-state index contributed by atoms with van der Waals surface area (Å²) in [5.41, 5.74) is 1.70. The van der Waals surface area contributed by atoms with Gasteiger partial charge in [0.1, 0.15) is 6.54 Å². The smallest absolute Gasteiger partial charge is 0.264 e. The number of carbonyl (C=O) groups is 1. The molecule has 3 aromatic rings. The molecule has 3 rings (SSSR count). The fourth-order valence-corrected chi connectivity index (χ4v) is 5.45. The molecule has 0 saturated heterocycles. The third kappa shape index (κ3) is 6.20. The van der Waals surface area contributed by atoms with E-state index in [9.17, 15) is 13.2 Å². The van der Waals surface area contributed by atoms with Crippen molar-refractivity contribution in [1.82, 2.24) is 5.32 Å². The first kappa shape index (κ1) is 26.7. The Morgan fingerprint density at radius 2 is 1.66 bits per heavy atom. The first-order chi connectivity index (χ1) is 16.7. The van der Waals surface area contributed by atoms with Gasteiger partial charge < -0.3 is 14.8 Å². The van der Waals surface area contributed by atoms with Gasteiger partial charge in [-0.1, -0.05) is 41.4 Å². The third-order valence-electron chi connectivity index (χ3n) is 5.25. The molecule has 0 aliphatic heterocycles. The Morgan fingerprint density at radius 1 is 0.943 bits per heavy atom. The number of likely N-dealkylation sites (N-methyl/N-ethyl adjacent to an activating group) is 1. The molecule has 0 saturated carbocycles. The number of amides is 1. The van der Waals surface area contributed by atoms with Gasteiger partial charge in [0, 0.05) is 29.1 Å². The molecule has 1 amide bonds. The number of ether oxygens (including phenoxy) is 2. The maximum Gasteiger partial charge on any atom is 0.264 e. The minimum absolute atomic E-state index is 0.0573. The normalized spacial score (nSPS) is 11.1. The lowest BCUT2D eigenvalue weighted by Gasteiger charge is -2.27. The van der Waals surface area contributed by atoms with Crippen LogP contribution in [0.25, 0.3) is 0 Å². The number of benzene rings is 3. The lowest BCUT2D eigenvalue weighted by molar-refractivity contribution is -0.119. The van der Waals surface area contributed by atoms with Gasteiger partial charge in [0.15, 0.2) is 11.5 Å². The van der Waals surface area contributed by atoms with Gasteiger partial charge in [-0.15, -0.1) is 0 Å². The zero-order valence-electron chi connectivity index (χ0n) is 19.5. The maximum absolute atomic E-state index is 13.9. The molecular weight excluding hydrogens is 511 g/mol. The van der Waals surface area contributed by atoms with Crippen LogP contribution < -0.4 is 19.1 Å². The summed E-state index contributed by atoms with van der Waals surface area (Å²) in [5, 5.41) is 3.63. The van der Waals surface area contributed by atoms with E-state index in [0.717, 1.165) is 9.87 Å². The quantitative estimate of drug-likeness (QED) is 0.397. The van der Waals surface area contributed by atoms with Gasteiger partial charge in [0.25, 0.3) is 10.0 Å². The van der Waals surface area contributed by atoms with Crippen molar-refractivity contribution < 1.29 is 22.7 Å². The molecule has 0 unspecified atom stereocenters. The monoisotopic (exact) mass is 536 g/mol. The van der Waals surface area contributed by atoms with Crippen LogP contribution in [0.1, 0.15) is 18.1 Å². The van der Waals surface area contributed by atoms with Crippen molar-refractivity contribution in [3.8, 4) is 11.5 Å². The molecule has 186 valence electrons. The highest BCUT2D eigenvalue weighted by atomic mass is 35.5. The Bertz CT molecular complexity index is 1310. The number of nitrogens with one attached hydrogen (secondary N) is 1. The van der Waals surface area contributed by atoms with Crippen LogP contribution in [0.15, 0.2) is 65.6 Å². The summed E-state index contributed by atoms with van der Waals surface area (Å²) in [6.45, 7) is 1.69. The van der Waals surface area contributed by atoms with Gasteiger partial charge >= 0.3 is 0 Å². The fraction of sp³-hybridized carbons (Fsp3) is 0.240. The number of anilines is 1. The predicted molar refractivity (Wildman–Crippen MR) is 138 cm³/mol. The van der Waals surface area contributed by atoms with Crippen molar-refractivity contribution in [2.24, 2.45) is 0 Å². The van der Waals surface area contributed by atoms with Crippen LogP contribution in [-0.4, -0.2) is 41.6 Å². The second-order valence-electron chi connectivity index (χ2n) is 7.52. The van der Waals surface area contributed by atoms with Gasteiger partial charge in [-0.25, -0.2) is 8.42 Å². The molecule has 0 radical (unpaired) electrons. The molecule has 0 fully saturated rings. The molecule has 0 atom stereocenters. The van der Waals surface area contributed by atoms with E-state index >= 15 is 0 Å². The standard InChI is InChI=1S/C25H26Cl2N2O5S/c1-4-28-25(30)16-29(35(31,32)20-10-12-23(33-2)24(15-20)34-3)22-11-9-19(26)14-18(22)13-17-7-5-6-8-21(17)27/h5-12,14-15H,4,13,16H2,1-3H3,(H,28,30). The number of halogens is 2. The zero-order valence-corrected chi connectivity index (χ0v) is 21.9. The SMILES string of the molecule is CCNC(=O)CN(c1ccc(Cl)cc1Cc1ccccc1Cl)S(=O)(=O)c1ccc(OC)c(OC)c1. The van der Waals surface area contributed by atoms with Gasteiger partial charge in [-0.3, -0.25) is 9.10 Å². The second-order valence-corrected chi connectivity index (χ2v) is 10.2. The Hall–Kier alpha value is -2.94. The van der Waals surface area contributed by atoms with Crippen LogP contribution in [0.5, 0.6) is 11.5 Å². The average molecular weight is 537 g/mol. The van der Waals surface area contributed by atoms with E-state index in [0.29, 0.717) is 40.0 Å². The lowest BCUT2D eigenvalue weighted by Crippen LogP contribution is -2.41. The number of hydrogen-bond donors (Lipinski definition) is 1. The molecule has 0 heterocycles. The van der Waals surface area contributed by atoms with E-state index in [1.54, 1.807) is 31.2 Å². The molecule has 0 aromatic heterocycles. The molecule has 10 heteroatoms. The van der Waals surface area contributed by atoms with Crippen LogP contribution in [0.4, 0.5) is 5.69 Å². The number of hydrogen-bond acceptors (Lipinski definition) is 5. The van der Waals surface area contributed by atoms with Crippen molar-refractivity contribution in [2.45, 2.75) is 18.2 Å². The van der Waals surface area contributed by atoms with Crippen LogP contribution in [-0.2, 0) is 21.2 Å². The maximum atomic E-state index is 13.9. The first-order valence-corrected chi connectivity index (χ1v) is 12.9. The van der Waals surface area contributed by atoms with Crippen molar-refractivity contribution in [1.29, 1.82) is 0 Å². The van der Waals surface area contributed by atoms with E-state index in [-0.39, 0.29) is 10.6 Å². The van der Waals surface area contributed by atoms with Gasteiger partial charge in [-0.2, -0.15) is 0 Å². The highest BCUT2D eigenvalue weighted by molar-refractivity contribution is 7.92. The minimum Gasteiger partial charge on any atom is -0.493 e. The molecule has 0 aliphatic carbocycles. The number of rotatable bonds is 10. The summed E-state index contributed by atoms with van der Waals surface area (Å²) < 4.78 is 39.4. The summed E-state index contributed by atoms with van der Waals surface area (Å²) in [7, 11) is -1.32. The Morgan fingerprint density at radius 3 is 2.31 bits per heavy atom. The number of sulfonamides is 1. The van der Waals surface area contributed by atoms with Crippen LogP contribution >= 0.6 is 23.2 Å². The van der Waals surface area contributed by atoms with Gasteiger partial charge in [-0.05, 0) is 54.4 Å². The van der Waals surface area contributed by atoms with Gasteiger partial charge in [0.2, 0.25) is 5.91 Å². The van der Waals surface area contributed by atoms with Crippen molar-refractivity contribution in [3.05, 3.63) is 81.8 Å². The number of nitrogens with zero attached hydrogens (tertiary/aromatic N) is 1. The topological polar surface area (TPSA) is 84.9 Å². The summed E-state index contributed by atoms with van der Waals surface area (Å²) in [6, 6.07) is 16.4. The minimum atomic E-state index is -4.20. The highest BCUT2D eigenvalue weighted by Crippen LogP contribution is 2.35. The van der Waals surface area contributed by atoms with Crippen molar-refractivity contribution in [2.75, 3.05) is 31.6 Å². The molecule has 3 aromatic carbocycles. The Balaban J connectivity index is 2.16. The first-order valence-electron chi connectivity index (χ1n) is 10.7. The molecular formula is C25H26Cl2N2O5S. The molecule has 7 nitrogen and oxygen atoms in total. The fourth-order valence-electron chi connectivity index (χ4n) is 3.57. The van der Waals surface area contributed by atoms with Crippen LogP contribution in [0.2, 0.25) is 10.0 Å². The van der Waals surface area contributed by atoms with E-state index in [4.69, 9.17) is 32.7 Å². The van der Waals surface area contributed by atoms with E-state index < -0.39 is 22.5 Å². The summed E-state index contributed by atoms with van der Waals surface area (Å²) in [4.78, 5) is 12.6. The molecule has 0 bridgehead atoms. The summed E-state index contributed by atoms with van der Waals surface area (Å²) in [6.07, 6.45) is 0.308. The highest BCUT2D eigenvalue weighted by Gasteiger charge is 2.30. The number of carbonyl (C=O) groups excluding carboxylic acids is 1. The zero-order chi connectivity index (χ0) is 25.6. The third-order valence-corrected chi connectivity index (χ3v) is 7.61. The van der Waals surface area contributed by atoms with E-state index in [2.05, 4.69) is 5.32 Å². The van der Waals surface area contributed by atoms with E-state index in [1.165, 1.54) is 32.4 Å². The second kappa shape index (κ2) is 11.7. The number of methoxy groups -OCH3 is 2. The average Bonchev–Trinajstić information content (AvgIpc) is 2.84. The molecule has 1 N–H and O–H groups in total. The summed E-state index contributed by atoms with van der Waals surface area (Å²) in [5.74, 6) is 0.182. The Labute approximate surface area is 215 Å². The van der Waals surface area contributed by atoms with Crippen LogP contribution in [0, 0.1) is 0 Å². The van der Waals surface area contributed by atoms with Crippen LogP contribution in [0.3, 0.4) is 0 Å². The Kier molecular flexibility index (Phi) is 8.88. The van der Waals surface area contributed by atoms with Gasteiger partial charge in [0.05, 0.1) is 24.8 Å². The molecule has 0 spiro atoms. The van der Waals surface area contributed by atoms with E-state index in [1.807, 2.05) is 18.2 Å². The lowest BCUT2D eigenvalue weighted by atomic mass is 10.0. The van der Waals surface area contributed by atoms with Crippen molar-refractivity contribution >= 4 is 44.8 Å².